The second kappa shape index (κ2) is 12.0. The average molecular weight is 477 g/mol. The van der Waals surface area contributed by atoms with Crippen LogP contribution in [0.15, 0.2) is 48.7 Å². The number of rotatable bonds is 9. The molecule has 1 aromatic heterocycles. The topological polar surface area (TPSA) is 91.4 Å². The Balaban J connectivity index is 1.53. The minimum atomic E-state index is -0.689. The molecular formula is C28H36N4O3. The van der Waals surface area contributed by atoms with Crippen LogP contribution in [0.3, 0.4) is 0 Å². The monoisotopic (exact) mass is 476 g/mol. The summed E-state index contributed by atoms with van der Waals surface area (Å²) in [5.41, 5.74) is 1.93. The maximum Gasteiger partial charge on any atom is 0.247 e. The Morgan fingerprint density at radius 1 is 0.943 bits per heavy atom. The van der Waals surface area contributed by atoms with Crippen molar-refractivity contribution >= 4 is 23.5 Å². The van der Waals surface area contributed by atoms with Crippen LogP contribution in [0, 0.1) is 6.92 Å². The van der Waals surface area contributed by atoms with Gasteiger partial charge in [0, 0.05) is 31.1 Å². The van der Waals surface area contributed by atoms with Crippen LogP contribution in [-0.2, 0) is 14.4 Å². The van der Waals surface area contributed by atoms with Crippen molar-refractivity contribution in [3.05, 3.63) is 59.8 Å². The van der Waals surface area contributed by atoms with Crippen LogP contribution in [0.2, 0.25) is 0 Å². The van der Waals surface area contributed by atoms with E-state index in [0.717, 1.165) is 62.5 Å². The Hall–Kier alpha value is -3.22. The number of nitrogens with zero attached hydrogens (tertiary/aromatic N) is 2. The van der Waals surface area contributed by atoms with Crippen molar-refractivity contribution in [2.45, 2.75) is 89.3 Å². The number of pyridine rings is 1. The van der Waals surface area contributed by atoms with E-state index in [4.69, 9.17) is 0 Å². The molecule has 0 radical (unpaired) electrons. The van der Waals surface area contributed by atoms with Crippen molar-refractivity contribution in [2.24, 2.45) is 0 Å². The molecule has 2 N–H and O–H groups in total. The fraction of sp³-hybridized carbons (Fsp3) is 0.500. The number of hydrogen-bond donors (Lipinski definition) is 2. The molecule has 1 atom stereocenters. The summed E-state index contributed by atoms with van der Waals surface area (Å²) in [4.78, 5) is 45.7. The summed E-state index contributed by atoms with van der Waals surface area (Å²) in [5, 5.41) is 5.97. The van der Waals surface area contributed by atoms with Gasteiger partial charge in [0.25, 0.3) is 0 Å². The Kier molecular flexibility index (Phi) is 8.50. The molecule has 7 nitrogen and oxygen atoms in total. The molecule has 2 aliphatic carbocycles. The number of carbonyl (C=O) groups excluding carboxylic acids is 3. The smallest absolute Gasteiger partial charge is 0.247 e. The number of carbonyl (C=O) groups is 3. The van der Waals surface area contributed by atoms with E-state index in [9.17, 15) is 14.4 Å². The lowest BCUT2D eigenvalue weighted by Gasteiger charge is -2.37. The fourth-order valence-electron chi connectivity index (χ4n) is 5.27. The van der Waals surface area contributed by atoms with Crippen molar-refractivity contribution < 1.29 is 14.4 Å². The van der Waals surface area contributed by atoms with Gasteiger partial charge in [0.15, 0.2) is 0 Å². The molecule has 1 heterocycles. The zero-order valence-corrected chi connectivity index (χ0v) is 20.5. The van der Waals surface area contributed by atoms with Gasteiger partial charge in [-0.2, -0.15) is 0 Å². The number of anilines is 1. The molecule has 1 unspecified atom stereocenters. The quantitative estimate of drug-likeness (QED) is 0.550. The van der Waals surface area contributed by atoms with Crippen molar-refractivity contribution in [1.82, 2.24) is 15.2 Å². The van der Waals surface area contributed by atoms with E-state index in [0.29, 0.717) is 5.82 Å². The van der Waals surface area contributed by atoms with E-state index in [1.165, 1.54) is 0 Å². The van der Waals surface area contributed by atoms with E-state index in [1.54, 1.807) is 29.3 Å². The SMILES string of the molecule is Cc1ccc(C(C(=O)NC2CCCC2)N(C(=O)CCC(=O)Nc2ccccn2)C2CCCC2)cc1. The van der Waals surface area contributed by atoms with E-state index in [2.05, 4.69) is 15.6 Å². The molecule has 1 aromatic carbocycles. The minimum absolute atomic E-state index is 0.00184. The maximum atomic E-state index is 13.7. The third-order valence-electron chi connectivity index (χ3n) is 7.13. The molecule has 0 saturated heterocycles. The van der Waals surface area contributed by atoms with Crippen molar-refractivity contribution in [2.75, 3.05) is 5.32 Å². The highest BCUT2D eigenvalue weighted by molar-refractivity contribution is 5.94. The summed E-state index contributed by atoms with van der Waals surface area (Å²) in [6.07, 6.45) is 9.76. The lowest BCUT2D eigenvalue weighted by Crippen LogP contribution is -2.49. The number of aromatic nitrogens is 1. The maximum absolute atomic E-state index is 13.7. The molecular weight excluding hydrogens is 440 g/mol. The first kappa shape index (κ1) is 24.9. The number of nitrogens with one attached hydrogen (secondary N) is 2. The van der Waals surface area contributed by atoms with Gasteiger partial charge in [-0.25, -0.2) is 4.98 Å². The predicted molar refractivity (Wildman–Crippen MR) is 136 cm³/mol. The highest BCUT2D eigenvalue weighted by atomic mass is 16.2. The van der Waals surface area contributed by atoms with Gasteiger partial charge in [-0.1, -0.05) is 61.6 Å². The van der Waals surface area contributed by atoms with Gasteiger partial charge < -0.3 is 15.5 Å². The molecule has 0 spiro atoms. The van der Waals surface area contributed by atoms with E-state index in [1.807, 2.05) is 31.2 Å². The number of hydrogen-bond acceptors (Lipinski definition) is 4. The Morgan fingerprint density at radius 3 is 2.29 bits per heavy atom. The Morgan fingerprint density at radius 2 is 1.63 bits per heavy atom. The van der Waals surface area contributed by atoms with Crippen molar-refractivity contribution in [1.29, 1.82) is 0 Å². The van der Waals surface area contributed by atoms with Crippen LogP contribution < -0.4 is 10.6 Å². The molecule has 2 aliphatic rings. The summed E-state index contributed by atoms with van der Waals surface area (Å²) in [6.45, 7) is 2.01. The number of amides is 3. The summed E-state index contributed by atoms with van der Waals surface area (Å²) in [6, 6.07) is 12.7. The summed E-state index contributed by atoms with van der Waals surface area (Å²) >= 11 is 0. The van der Waals surface area contributed by atoms with Gasteiger partial charge in [0.05, 0.1) is 0 Å². The van der Waals surface area contributed by atoms with E-state index in [-0.39, 0.29) is 42.6 Å². The molecule has 35 heavy (non-hydrogen) atoms. The summed E-state index contributed by atoms with van der Waals surface area (Å²) in [5.74, 6) is -0.0593. The molecule has 4 rings (SSSR count). The Bertz CT molecular complexity index is 997. The molecule has 0 bridgehead atoms. The largest absolute Gasteiger partial charge is 0.351 e. The molecule has 2 saturated carbocycles. The van der Waals surface area contributed by atoms with Gasteiger partial charge in [-0.05, 0) is 50.3 Å². The van der Waals surface area contributed by atoms with Crippen LogP contribution in [0.5, 0.6) is 0 Å². The molecule has 7 heteroatoms. The highest BCUT2D eigenvalue weighted by Gasteiger charge is 2.38. The van der Waals surface area contributed by atoms with Gasteiger partial charge >= 0.3 is 0 Å². The Labute approximate surface area is 207 Å². The second-order valence-electron chi connectivity index (χ2n) is 9.81. The fourth-order valence-corrected chi connectivity index (χ4v) is 5.27. The van der Waals surface area contributed by atoms with Gasteiger partial charge in [-0.15, -0.1) is 0 Å². The van der Waals surface area contributed by atoms with Crippen molar-refractivity contribution in [3.8, 4) is 0 Å². The normalized spacial score (nSPS) is 17.2. The molecule has 3 amide bonds. The highest BCUT2D eigenvalue weighted by Crippen LogP contribution is 2.33. The van der Waals surface area contributed by atoms with Crippen LogP contribution in [0.25, 0.3) is 0 Å². The van der Waals surface area contributed by atoms with Crippen molar-refractivity contribution in [3.63, 3.8) is 0 Å². The van der Waals surface area contributed by atoms with Crippen LogP contribution >= 0.6 is 0 Å². The first-order chi connectivity index (χ1) is 17.0. The molecule has 2 aromatic rings. The third-order valence-corrected chi connectivity index (χ3v) is 7.13. The second-order valence-corrected chi connectivity index (χ2v) is 9.81. The van der Waals surface area contributed by atoms with E-state index < -0.39 is 6.04 Å². The minimum Gasteiger partial charge on any atom is -0.351 e. The van der Waals surface area contributed by atoms with E-state index >= 15 is 0 Å². The molecule has 186 valence electrons. The first-order valence-corrected chi connectivity index (χ1v) is 12.9. The van der Waals surface area contributed by atoms with Gasteiger partial charge in [0.1, 0.15) is 11.9 Å². The standard InChI is InChI=1S/C28H36N4O3/c1-20-13-15-21(16-14-20)27(28(35)30-22-8-2-3-9-22)32(23-10-4-5-11-23)26(34)18-17-25(33)31-24-12-6-7-19-29-24/h6-7,12-16,19,22-23,27H,2-5,8-11,17-18H2,1H3,(H,30,35)(H,29,31,33). The number of benzene rings is 1. The zero-order valence-electron chi connectivity index (χ0n) is 20.5. The van der Waals surface area contributed by atoms with Crippen LogP contribution in [-0.4, -0.2) is 39.7 Å². The number of aryl methyl sites for hydroxylation is 1. The van der Waals surface area contributed by atoms with Gasteiger partial charge in [-0.3, -0.25) is 14.4 Å². The average Bonchev–Trinajstić information content (AvgIpc) is 3.57. The molecule has 2 fully saturated rings. The summed E-state index contributed by atoms with van der Waals surface area (Å²) < 4.78 is 0. The first-order valence-electron chi connectivity index (χ1n) is 12.9. The summed E-state index contributed by atoms with van der Waals surface area (Å²) in [7, 11) is 0. The lowest BCUT2D eigenvalue weighted by atomic mass is 9.98. The van der Waals surface area contributed by atoms with Gasteiger partial charge in [0.2, 0.25) is 17.7 Å². The molecule has 0 aliphatic heterocycles. The lowest BCUT2D eigenvalue weighted by molar-refractivity contribution is -0.144. The zero-order chi connectivity index (χ0) is 24.6. The van der Waals surface area contributed by atoms with Crippen LogP contribution in [0.4, 0.5) is 5.82 Å². The van der Waals surface area contributed by atoms with Crippen LogP contribution in [0.1, 0.15) is 81.4 Å². The third kappa shape index (κ3) is 6.68. The predicted octanol–water partition coefficient (Wildman–Crippen LogP) is 4.68.